The maximum Gasteiger partial charge on any atom is 0.123 e. The molecule has 1 aromatic heterocycles. The van der Waals surface area contributed by atoms with E-state index in [1.54, 1.807) is 23.0 Å². The summed E-state index contributed by atoms with van der Waals surface area (Å²) in [5.41, 5.74) is 10.2. The number of benzene rings is 2. The highest BCUT2D eigenvalue weighted by molar-refractivity contribution is 5.72. The van der Waals surface area contributed by atoms with Gasteiger partial charge < -0.3 is 5.73 Å². The zero-order valence-electron chi connectivity index (χ0n) is 11.0. The fourth-order valence-electron chi connectivity index (χ4n) is 2.05. The van der Waals surface area contributed by atoms with E-state index in [2.05, 4.69) is 5.10 Å². The lowest BCUT2D eigenvalue weighted by molar-refractivity contribution is 0.628. The Kier molecular flexibility index (Phi) is 2.99. The number of aryl methyl sites for hydroxylation is 1. The van der Waals surface area contributed by atoms with Crippen molar-refractivity contribution in [2.45, 2.75) is 6.92 Å². The topological polar surface area (TPSA) is 43.8 Å². The quantitative estimate of drug-likeness (QED) is 0.771. The third-order valence-electron chi connectivity index (χ3n) is 3.16. The highest BCUT2D eigenvalue weighted by atomic mass is 19.1. The minimum atomic E-state index is -0.273. The molecule has 3 aromatic rings. The standard InChI is InChI=1S/C16H14FN3/c1-11-2-8-14(9-3-11)20-10-15(18)16(19-20)12-4-6-13(17)7-5-12/h2-10H,18H2,1H3. The van der Waals surface area contributed by atoms with E-state index in [1.807, 2.05) is 31.2 Å². The molecule has 0 unspecified atom stereocenters. The van der Waals surface area contributed by atoms with Gasteiger partial charge in [0.2, 0.25) is 0 Å². The number of nitrogens with zero attached hydrogens (tertiary/aromatic N) is 2. The van der Waals surface area contributed by atoms with Crippen LogP contribution in [0.4, 0.5) is 10.1 Å². The summed E-state index contributed by atoms with van der Waals surface area (Å²) in [6.07, 6.45) is 1.77. The molecule has 3 nitrogen and oxygen atoms in total. The van der Waals surface area contributed by atoms with Crippen LogP contribution in [0.3, 0.4) is 0 Å². The van der Waals surface area contributed by atoms with E-state index in [4.69, 9.17) is 5.73 Å². The van der Waals surface area contributed by atoms with Crippen molar-refractivity contribution in [3.05, 3.63) is 66.1 Å². The molecule has 0 radical (unpaired) electrons. The maximum absolute atomic E-state index is 13.0. The predicted octanol–water partition coefficient (Wildman–Crippen LogP) is 3.57. The Balaban J connectivity index is 2.02. The molecule has 0 atom stereocenters. The molecular weight excluding hydrogens is 253 g/mol. The number of nitrogen functional groups attached to an aromatic ring is 1. The lowest BCUT2D eigenvalue weighted by Gasteiger charge is -2.01. The van der Waals surface area contributed by atoms with Gasteiger partial charge in [-0.05, 0) is 43.3 Å². The van der Waals surface area contributed by atoms with Crippen LogP contribution in [0.5, 0.6) is 0 Å². The SMILES string of the molecule is Cc1ccc(-n2cc(N)c(-c3ccc(F)cc3)n2)cc1. The Bertz CT molecular complexity index is 727. The van der Waals surface area contributed by atoms with Crippen molar-refractivity contribution >= 4 is 5.69 Å². The average molecular weight is 267 g/mol. The van der Waals surface area contributed by atoms with E-state index >= 15 is 0 Å². The molecule has 20 heavy (non-hydrogen) atoms. The summed E-state index contributed by atoms with van der Waals surface area (Å²) in [4.78, 5) is 0. The molecule has 0 saturated carbocycles. The molecule has 2 aromatic carbocycles. The second-order valence-electron chi connectivity index (χ2n) is 4.72. The predicted molar refractivity (Wildman–Crippen MR) is 78.1 cm³/mol. The summed E-state index contributed by atoms with van der Waals surface area (Å²) in [6, 6.07) is 14.2. The number of halogens is 1. The van der Waals surface area contributed by atoms with Gasteiger partial charge in [-0.15, -0.1) is 0 Å². The van der Waals surface area contributed by atoms with Crippen molar-refractivity contribution in [2.24, 2.45) is 0 Å². The summed E-state index contributed by atoms with van der Waals surface area (Å²) in [5.74, 6) is -0.273. The first-order valence-electron chi connectivity index (χ1n) is 6.31. The van der Waals surface area contributed by atoms with Crippen molar-refractivity contribution in [1.29, 1.82) is 0 Å². The number of anilines is 1. The van der Waals surface area contributed by atoms with E-state index in [0.29, 0.717) is 11.4 Å². The second-order valence-corrected chi connectivity index (χ2v) is 4.72. The first kappa shape index (κ1) is 12.4. The van der Waals surface area contributed by atoms with E-state index < -0.39 is 0 Å². The van der Waals surface area contributed by atoms with Gasteiger partial charge in [-0.1, -0.05) is 17.7 Å². The van der Waals surface area contributed by atoms with Gasteiger partial charge in [0, 0.05) is 5.56 Å². The van der Waals surface area contributed by atoms with Crippen molar-refractivity contribution < 1.29 is 4.39 Å². The summed E-state index contributed by atoms with van der Waals surface area (Å²) in [5, 5.41) is 4.48. The average Bonchev–Trinajstić information content (AvgIpc) is 2.82. The Labute approximate surface area is 116 Å². The summed E-state index contributed by atoms with van der Waals surface area (Å²) < 4.78 is 14.7. The monoisotopic (exact) mass is 267 g/mol. The number of nitrogens with two attached hydrogens (primary N) is 1. The molecular formula is C16H14FN3. The van der Waals surface area contributed by atoms with Crippen LogP contribution in [0.15, 0.2) is 54.7 Å². The minimum absolute atomic E-state index is 0.273. The van der Waals surface area contributed by atoms with Crippen LogP contribution >= 0.6 is 0 Å². The largest absolute Gasteiger partial charge is 0.396 e. The first-order valence-corrected chi connectivity index (χ1v) is 6.31. The molecule has 0 fully saturated rings. The number of hydrogen-bond acceptors (Lipinski definition) is 2. The summed E-state index contributed by atoms with van der Waals surface area (Å²) in [6.45, 7) is 2.03. The smallest absolute Gasteiger partial charge is 0.123 e. The highest BCUT2D eigenvalue weighted by Gasteiger charge is 2.09. The molecule has 0 bridgehead atoms. The normalized spacial score (nSPS) is 10.7. The van der Waals surface area contributed by atoms with Crippen molar-refractivity contribution in [1.82, 2.24) is 9.78 Å². The van der Waals surface area contributed by atoms with Crippen LogP contribution < -0.4 is 5.73 Å². The van der Waals surface area contributed by atoms with Crippen molar-refractivity contribution in [2.75, 3.05) is 5.73 Å². The molecule has 0 saturated heterocycles. The van der Waals surface area contributed by atoms with Crippen LogP contribution in [0, 0.1) is 12.7 Å². The highest BCUT2D eigenvalue weighted by Crippen LogP contribution is 2.25. The number of rotatable bonds is 2. The lowest BCUT2D eigenvalue weighted by atomic mass is 10.1. The second kappa shape index (κ2) is 4.81. The van der Waals surface area contributed by atoms with E-state index in [1.165, 1.54) is 17.7 Å². The van der Waals surface area contributed by atoms with E-state index in [-0.39, 0.29) is 5.82 Å². The van der Waals surface area contributed by atoms with Crippen LogP contribution in [0.2, 0.25) is 0 Å². The minimum Gasteiger partial charge on any atom is -0.396 e. The van der Waals surface area contributed by atoms with Crippen LogP contribution in [-0.2, 0) is 0 Å². The molecule has 0 aliphatic heterocycles. The molecule has 100 valence electrons. The molecule has 1 heterocycles. The molecule has 3 rings (SSSR count). The fraction of sp³-hybridized carbons (Fsp3) is 0.0625. The molecule has 0 amide bonds. The molecule has 0 aliphatic carbocycles. The molecule has 0 aliphatic rings. The van der Waals surface area contributed by atoms with E-state index in [9.17, 15) is 4.39 Å². The summed E-state index contributed by atoms with van der Waals surface area (Å²) >= 11 is 0. The number of hydrogen-bond donors (Lipinski definition) is 1. The summed E-state index contributed by atoms with van der Waals surface area (Å²) in [7, 11) is 0. The van der Waals surface area contributed by atoms with Crippen molar-refractivity contribution in [3.8, 4) is 16.9 Å². The first-order chi connectivity index (χ1) is 9.63. The van der Waals surface area contributed by atoms with E-state index in [0.717, 1.165) is 11.3 Å². The zero-order chi connectivity index (χ0) is 14.1. The van der Waals surface area contributed by atoms with Crippen molar-refractivity contribution in [3.63, 3.8) is 0 Å². The molecule has 0 spiro atoms. The Morgan fingerprint density at radius 1 is 1.00 bits per heavy atom. The fourth-order valence-corrected chi connectivity index (χ4v) is 2.05. The Morgan fingerprint density at radius 2 is 1.65 bits per heavy atom. The van der Waals surface area contributed by atoms with Gasteiger partial charge in [-0.2, -0.15) is 5.10 Å². The maximum atomic E-state index is 13.0. The molecule has 2 N–H and O–H groups in total. The van der Waals surface area contributed by atoms with Crippen LogP contribution in [0.1, 0.15) is 5.56 Å². The Hall–Kier alpha value is -2.62. The van der Waals surface area contributed by atoms with Gasteiger partial charge in [0.25, 0.3) is 0 Å². The number of aromatic nitrogens is 2. The van der Waals surface area contributed by atoms with Gasteiger partial charge in [0.05, 0.1) is 17.6 Å². The van der Waals surface area contributed by atoms with Gasteiger partial charge in [-0.25, -0.2) is 9.07 Å². The lowest BCUT2D eigenvalue weighted by Crippen LogP contribution is -1.94. The van der Waals surface area contributed by atoms with Gasteiger partial charge in [0.15, 0.2) is 0 Å². The van der Waals surface area contributed by atoms with Gasteiger partial charge in [0.1, 0.15) is 11.5 Å². The van der Waals surface area contributed by atoms with Gasteiger partial charge >= 0.3 is 0 Å². The third-order valence-corrected chi connectivity index (χ3v) is 3.16. The van der Waals surface area contributed by atoms with Crippen LogP contribution in [-0.4, -0.2) is 9.78 Å². The Morgan fingerprint density at radius 3 is 2.30 bits per heavy atom. The third kappa shape index (κ3) is 2.28. The van der Waals surface area contributed by atoms with Gasteiger partial charge in [-0.3, -0.25) is 0 Å². The van der Waals surface area contributed by atoms with Crippen LogP contribution in [0.25, 0.3) is 16.9 Å². The molecule has 4 heteroatoms. The zero-order valence-corrected chi connectivity index (χ0v) is 11.0.